The maximum atomic E-state index is 13.6. The van der Waals surface area contributed by atoms with Crippen LogP contribution in [0.1, 0.15) is 54.0 Å². The van der Waals surface area contributed by atoms with Gasteiger partial charge in [-0.2, -0.15) is 26.3 Å². The summed E-state index contributed by atoms with van der Waals surface area (Å²) >= 11 is 0. The third-order valence-corrected chi connectivity index (χ3v) is 6.92. The minimum atomic E-state index is -5.03. The smallest absolute Gasteiger partial charge is 0.416 e. The number of carboxylic acid groups (broad SMARTS) is 1. The van der Waals surface area contributed by atoms with Gasteiger partial charge in [0, 0.05) is 24.9 Å². The molecule has 200 valence electrons. The summed E-state index contributed by atoms with van der Waals surface area (Å²) in [6, 6.07) is 5.74. The topological polar surface area (TPSA) is 66.8 Å². The number of aliphatic carboxylic acids is 1. The molecular formula is C25H22F7NO4. The van der Waals surface area contributed by atoms with E-state index in [9.17, 15) is 45.4 Å². The molecule has 4 rings (SSSR count). The fourth-order valence-corrected chi connectivity index (χ4v) is 5.14. The van der Waals surface area contributed by atoms with Crippen LogP contribution >= 0.6 is 0 Å². The number of carboxylic acids is 1. The highest BCUT2D eigenvalue weighted by atomic mass is 19.4. The molecule has 12 heteroatoms. The molecular weight excluding hydrogens is 511 g/mol. The molecule has 2 unspecified atom stereocenters. The lowest BCUT2D eigenvalue weighted by Crippen LogP contribution is -2.45. The Morgan fingerprint density at radius 2 is 1.59 bits per heavy atom. The summed E-state index contributed by atoms with van der Waals surface area (Å²) in [5.41, 5.74) is -2.82. The lowest BCUT2D eigenvalue weighted by atomic mass is 9.82. The van der Waals surface area contributed by atoms with E-state index in [4.69, 9.17) is 4.74 Å². The van der Waals surface area contributed by atoms with E-state index in [1.807, 2.05) is 0 Å². The van der Waals surface area contributed by atoms with E-state index in [-0.39, 0.29) is 31.0 Å². The second-order valence-electron chi connectivity index (χ2n) is 9.32. The number of hydrogen-bond acceptors (Lipinski definition) is 3. The zero-order valence-corrected chi connectivity index (χ0v) is 19.3. The van der Waals surface area contributed by atoms with Crippen molar-refractivity contribution in [3.05, 3.63) is 70.5 Å². The monoisotopic (exact) mass is 533 g/mol. The highest BCUT2D eigenvalue weighted by Gasteiger charge is 2.50. The number of halogens is 7. The Labute approximate surface area is 206 Å². The van der Waals surface area contributed by atoms with Gasteiger partial charge in [-0.15, -0.1) is 0 Å². The molecule has 5 nitrogen and oxygen atoms in total. The number of benzene rings is 2. The van der Waals surface area contributed by atoms with Crippen LogP contribution in [0.25, 0.3) is 0 Å². The molecule has 2 aliphatic heterocycles. The first kappa shape index (κ1) is 26.9. The lowest BCUT2D eigenvalue weighted by Gasteiger charge is -2.35. The zero-order chi connectivity index (χ0) is 27.3. The van der Waals surface area contributed by atoms with Crippen molar-refractivity contribution in [3.8, 4) is 0 Å². The van der Waals surface area contributed by atoms with Crippen LogP contribution in [-0.4, -0.2) is 40.6 Å². The number of amides is 1. The normalized spacial score (nSPS) is 25.2. The van der Waals surface area contributed by atoms with Gasteiger partial charge < -0.3 is 14.7 Å². The summed E-state index contributed by atoms with van der Waals surface area (Å²) in [7, 11) is 0. The van der Waals surface area contributed by atoms with Crippen molar-refractivity contribution in [2.24, 2.45) is 5.92 Å². The van der Waals surface area contributed by atoms with Crippen molar-refractivity contribution >= 4 is 11.9 Å². The highest BCUT2D eigenvalue weighted by Crippen LogP contribution is 2.44. The number of fused-ring (bicyclic) bond motifs is 1. The molecule has 2 aromatic rings. The van der Waals surface area contributed by atoms with Crippen LogP contribution in [0.2, 0.25) is 0 Å². The van der Waals surface area contributed by atoms with Crippen LogP contribution in [0.3, 0.4) is 0 Å². The summed E-state index contributed by atoms with van der Waals surface area (Å²) in [6.45, 7) is 1.25. The number of nitrogens with zero attached hydrogens (tertiary/aromatic N) is 1. The van der Waals surface area contributed by atoms with E-state index in [0.29, 0.717) is 17.7 Å². The number of ether oxygens (including phenoxy) is 1. The van der Waals surface area contributed by atoms with E-state index in [1.54, 1.807) is 0 Å². The number of piperidine rings is 1. The second-order valence-corrected chi connectivity index (χ2v) is 9.32. The van der Waals surface area contributed by atoms with Gasteiger partial charge in [0.05, 0.1) is 29.3 Å². The molecule has 2 aromatic carbocycles. The maximum absolute atomic E-state index is 13.6. The van der Waals surface area contributed by atoms with Gasteiger partial charge in [0.25, 0.3) is 0 Å². The molecule has 0 saturated carbocycles. The first-order valence-corrected chi connectivity index (χ1v) is 11.4. The number of carbonyl (C=O) groups excluding carboxylic acids is 1. The molecule has 2 heterocycles. The summed E-state index contributed by atoms with van der Waals surface area (Å²) in [6.07, 6.45) is -12.4. The number of alkyl halides is 6. The molecule has 2 fully saturated rings. The second kappa shape index (κ2) is 9.62. The Bertz CT molecular complexity index is 1150. The molecule has 5 atom stereocenters. The summed E-state index contributed by atoms with van der Waals surface area (Å²) in [4.78, 5) is 25.8. The van der Waals surface area contributed by atoms with Gasteiger partial charge in [-0.05, 0) is 54.8 Å². The van der Waals surface area contributed by atoms with E-state index in [2.05, 4.69) is 0 Å². The van der Waals surface area contributed by atoms with Crippen molar-refractivity contribution < 1.29 is 50.2 Å². The van der Waals surface area contributed by atoms with Crippen LogP contribution in [0.15, 0.2) is 42.5 Å². The Hall–Kier alpha value is -3.15. The minimum absolute atomic E-state index is 0.0259. The van der Waals surface area contributed by atoms with Crippen molar-refractivity contribution in [1.29, 1.82) is 0 Å². The molecule has 0 bridgehead atoms. The average Bonchev–Trinajstić information content (AvgIpc) is 3.16. The Morgan fingerprint density at radius 3 is 2.11 bits per heavy atom. The van der Waals surface area contributed by atoms with Crippen LogP contribution in [-0.2, 0) is 26.7 Å². The molecule has 1 amide bonds. The average molecular weight is 533 g/mol. The number of rotatable bonds is 5. The third-order valence-electron chi connectivity index (χ3n) is 6.92. The Balaban J connectivity index is 1.70. The standard InChI is InChI=1S/C25H22F7NO4/c1-12(14-6-16(24(27,28)29)10-17(7-14)25(30,31)32)37-20-11-33-19(8-15(23(35)36)9-21(33)34)22(20)13-2-4-18(26)5-3-13/h2-7,10,12,15,19-20,22H,8-9,11H2,1H3,(H,35,36)/t12-,15?,19+,20+,22?/m1/s1. The zero-order valence-electron chi connectivity index (χ0n) is 19.3. The predicted molar refractivity (Wildman–Crippen MR) is 115 cm³/mol. The van der Waals surface area contributed by atoms with Crippen LogP contribution < -0.4 is 0 Å². The van der Waals surface area contributed by atoms with Gasteiger partial charge in [-0.1, -0.05) is 12.1 Å². The largest absolute Gasteiger partial charge is 0.481 e. The van der Waals surface area contributed by atoms with Gasteiger partial charge in [-0.25, -0.2) is 4.39 Å². The lowest BCUT2D eigenvalue weighted by molar-refractivity contribution is -0.150. The maximum Gasteiger partial charge on any atom is 0.416 e. The minimum Gasteiger partial charge on any atom is -0.481 e. The van der Waals surface area contributed by atoms with Gasteiger partial charge in [-0.3, -0.25) is 9.59 Å². The summed E-state index contributed by atoms with van der Waals surface area (Å²) < 4.78 is 99.6. The number of hydrogen-bond donors (Lipinski definition) is 1. The van der Waals surface area contributed by atoms with E-state index < -0.39 is 71.3 Å². The Morgan fingerprint density at radius 1 is 1.03 bits per heavy atom. The quantitative estimate of drug-likeness (QED) is 0.494. The van der Waals surface area contributed by atoms with Crippen molar-refractivity contribution in [1.82, 2.24) is 4.90 Å². The predicted octanol–water partition coefficient (Wildman–Crippen LogP) is 5.80. The molecule has 0 aliphatic carbocycles. The molecule has 0 radical (unpaired) electrons. The Kier molecular flexibility index (Phi) is 7.00. The molecule has 2 saturated heterocycles. The molecule has 0 spiro atoms. The van der Waals surface area contributed by atoms with Gasteiger partial charge >= 0.3 is 18.3 Å². The summed E-state index contributed by atoms with van der Waals surface area (Å²) in [5.74, 6) is -3.80. The molecule has 2 aliphatic rings. The van der Waals surface area contributed by atoms with Crippen molar-refractivity contribution in [2.45, 2.75) is 56.3 Å². The van der Waals surface area contributed by atoms with Crippen LogP contribution in [0.4, 0.5) is 30.7 Å². The number of carbonyl (C=O) groups is 2. The van der Waals surface area contributed by atoms with Gasteiger partial charge in [0.15, 0.2) is 0 Å². The van der Waals surface area contributed by atoms with E-state index in [0.717, 1.165) is 0 Å². The van der Waals surface area contributed by atoms with Gasteiger partial charge in [0.1, 0.15) is 5.82 Å². The van der Waals surface area contributed by atoms with E-state index >= 15 is 0 Å². The van der Waals surface area contributed by atoms with Crippen molar-refractivity contribution in [2.75, 3.05) is 6.54 Å². The van der Waals surface area contributed by atoms with Crippen molar-refractivity contribution in [3.63, 3.8) is 0 Å². The first-order valence-electron chi connectivity index (χ1n) is 11.4. The molecule has 37 heavy (non-hydrogen) atoms. The van der Waals surface area contributed by atoms with Crippen LogP contribution in [0.5, 0.6) is 0 Å². The van der Waals surface area contributed by atoms with Gasteiger partial charge in [0.2, 0.25) is 5.91 Å². The highest BCUT2D eigenvalue weighted by molar-refractivity contribution is 5.84. The SMILES string of the molecule is C[C@@H](O[C@H]1CN2C(=O)CC(C(=O)O)C[C@H]2C1c1ccc(F)cc1)c1cc(C(F)(F)F)cc(C(F)(F)F)c1. The summed E-state index contributed by atoms with van der Waals surface area (Å²) in [5, 5.41) is 9.48. The van der Waals surface area contributed by atoms with E-state index in [1.165, 1.54) is 36.1 Å². The fourth-order valence-electron chi connectivity index (χ4n) is 5.14. The molecule has 0 aromatic heterocycles. The molecule has 1 N–H and O–H groups in total. The van der Waals surface area contributed by atoms with Crippen LogP contribution in [0, 0.1) is 11.7 Å². The first-order chi connectivity index (χ1) is 17.1. The fraction of sp³-hybridized carbons (Fsp3) is 0.440. The third kappa shape index (κ3) is 5.58.